The van der Waals surface area contributed by atoms with Crippen LogP contribution in [0.3, 0.4) is 0 Å². The van der Waals surface area contributed by atoms with Crippen molar-refractivity contribution in [1.29, 1.82) is 0 Å². The molecule has 5 heteroatoms. The lowest BCUT2D eigenvalue weighted by Crippen LogP contribution is -2.00. The third-order valence-electron chi connectivity index (χ3n) is 3.52. The number of nitrogens with zero attached hydrogens (tertiary/aromatic N) is 2. The average Bonchev–Trinajstić information content (AvgIpc) is 2.54. The molecule has 0 aliphatic rings. The van der Waals surface area contributed by atoms with Crippen molar-refractivity contribution in [2.24, 2.45) is 0 Å². The smallest absolute Gasteiger partial charge is 0.135 e. The van der Waals surface area contributed by atoms with E-state index < -0.39 is 0 Å². The molecule has 1 heterocycles. The van der Waals surface area contributed by atoms with Gasteiger partial charge in [0.05, 0.1) is 0 Å². The summed E-state index contributed by atoms with van der Waals surface area (Å²) in [6.07, 6.45) is 1.49. The Kier molecular flexibility index (Phi) is 4.19. The lowest BCUT2D eigenvalue weighted by molar-refractivity contribution is 0.628. The molecule has 3 aromatic rings. The number of aryl methyl sites for hydroxylation is 2. The maximum atomic E-state index is 12.9. The number of hydrogen-bond acceptors (Lipinski definition) is 4. The summed E-state index contributed by atoms with van der Waals surface area (Å²) in [6.45, 7) is 4.10. The maximum absolute atomic E-state index is 12.9. The molecule has 0 spiro atoms. The highest BCUT2D eigenvalue weighted by atomic mass is 19.1. The molecule has 0 amide bonds. The third-order valence-corrected chi connectivity index (χ3v) is 3.52. The van der Waals surface area contributed by atoms with Gasteiger partial charge in [0.1, 0.15) is 23.8 Å². The minimum Gasteiger partial charge on any atom is -0.340 e. The molecule has 4 nitrogen and oxygen atoms in total. The van der Waals surface area contributed by atoms with E-state index in [4.69, 9.17) is 0 Å². The summed E-state index contributed by atoms with van der Waals surface area (Å²) in [5.74, 6) is 1.07. The fraction of sp³-hybridized carbons (Fsp3) is 0.111. The van der Waals surface area contributed by atoms with Gasteiger partial charge in [-0.2, -0.15) is 0 Å². The summed E-state index contributed by atoms with van der Waals surface area (Å²) in [7, 11) is 0. The summed E-state index contributed by atoms with van der Waals surface area (Å²) in [4.78, 5) is 8.44. The molecule has 0 bridgehead atoms. The number of benzene rings is 2. The normalized spacial score (nSPS) is 10.4. The predicted molar refractivity (Wildman–Crippen MR) is 90.9 cm³/mol. The van der Waals surface area contributed by atoms with E-state index in [2.05, 4.69) is 20.6 Å². The van der Waals surface area contributed by atoms with Gasteiger partial charge in [-0.05, 0) is 49.2 Å². The van der Waals surface area contributed by atoms with E-state index >= 15 is 0 Å². The quantitative estimate of drug-likeness (QED) is 0.732. The number of rotatable bonds is 4. The summed E-state index contributed by atoms with van der Waals surface area (Å²) < 4.78 is 12.9. The Balaban J connectivity index is 1.81. The van der Waals surface area contributed by atoms with Crippen LogP contribution >= 0.6 is 0 Å². The molecule has 0 saturated carbocycles. The molecular formula is C18H17FN4. The van der Waals surface area contributed by atoms with Gasteiger partial charge in [0.2, 0.25) is 0 Å². The molecule has 0 aliphatic heterocycles. The van der Waals surface area contributed by atoms with Crippen molar-refractivity contribution in [3.8, 4) is 0 Å². The number of nitrogens with one attached hydrogen (secondary N) is 2. The van der Waals surface area contributed by atoms with E-state index in [9.17, 15) is 4.39 Å². The highest BCUT2D eigenvalue weighted by molar-refractivity contribution is 5.67. The second-order valence-electron chi connectivity index (χ2n) is 5.31. The van der Waals surface area contributed by atoms with E-state index in [0.717, 1.165) is 22.5 Å². The maximum Gasteiger partial charge on any atom is 0.135 e. The Morgan fingerprint density at radius 2 is 1.43 bits per heavy atom. The Labute approximate surface area is 134 Å². The van der Waals surface area contributed by atoms with Gasteiger partial charge in [-0.3, -0.25) is 0 Å². The first-order valence-corrected chi connectivity index (χ1v) is 7.30. The second-order valence-corrected chi connectivity index (χ2v) is 5.31. The molecule has 0 unspecified atom stereocenters. The fourth-order valence-electron chi connectivity index (χ4n) is 2.31. The highest BCUT2D eigenvalue weighted by Gasteiger charge is 2.05. The van der Waals surface area contributed by atoms with Crippen LogP contribution in [-0.4, -0.2) is 9.97 Å². The van der Waals surface area contributed by atoms with Gasteiger partial charge in [-0.1, -0.05) is 18.2 Å². The molecule has 0 radical (unpaired) electrons. The number of aromatic nitrogens is 2. The van der Waals surface area contributed by atoms with Gasteiger partial charge in [0.15, 0.2) is 0 Å². The van der Waals surface area contributed by atoms with Crippen molar-refractivity contribution in [2.45, 2.75) is 13.8 Å². The van der Waals surface area contributed by atoms with Crippen LogP contribution in [0.15, 0.2) is 54.9 Å². The minimum absolute atomic E-state index is 0.268. The van der Waals surface area contributed by atoms with Crippen LogP contribution in [0.2, 0.25) is 0 Å². The SMILES string of the molecule is Cc1cccc(C)c1Nc1cc(Nc2ccc(F)cc2)ncn1. The van der Waals surface area contributed by atoms with Crippen LogP contribution in [-0.2, 0) is 0 Å². The van der Waals surface area contributed by atoms with Gasteiger partial charge in [0.25, 0.3) is 0 Å². The molecule has 0 atom stereocenters. The minimum atomic E-state index is -0.268. The van der Waals surface area contributed by atoms with Gasteiger partial charge >= 0.3 is 0 Å². The third kappa shape index (κ3) is 3.63. The van der Waals surface area contributed by atoms with Crippen molar-refractivity contribution in [1.82, 2.24) is 9.97 Å². The molecule has 2 N–H and O–H groups in total. The molecule has 3 rings (SSSR count). The fourth-order valence-corrected chi connectivity index (χ4v) is 2.31. The van der Waals surface area contributed by atoms with Gasteiger partial charge in [-0.15, -0.1) is 0 Å². The van der Waals surface area contributed by atoms with Crippen molar-refractivity contribution < 1.29 is 4.39 Å². The van der Waals surface area contributed by atoms with E-state index in [0.29, 0.717) is 11.6 Å². The summed E-state index contributed by atoms with van der Waals surface area (Å²) in [5, 5.41) is 6.45. The monoisotopic (exact) mass is 308 g/mol. The van der Waals surface area contributed by atoms with E-state index in [1.807, 2.05) is 38.1 Å². The molecule has 0 saturated heterocycles. The first-order valence-electron chi connectivity index (χ1n) is 7.30. The zero-order chi connectivity index (χ0) is 16.2. The Hall–Kier alpha value is -2.95. The first-order chi connectivity index (χ1) is 11.1. The molecule has 0 aliphatic carbocycles. The summed E-state index contributed by atoms with van der Waals surface area (Å²) in [6, 6.07) is 14.1. The van der Waals surface area contributed by atoms with Gasteiger partial charge in [0, 0.05) is 17.4 Å². The summed E-state index contributed by atoms with van der Waals surface area (Å²) >= 11 is 0. The lowest BCUT2D eigenvalue weighted by atomic mass is 10.1. The molecule has 0 fully saturated rings. The van der Waals surface area contributed by atoms with Crippen molar-refractivity contribution >= 4 is 23.0 Å². The Morgan fingerprint density at radius 1 is 0.826 bits per heavy atom. The largest absolute Gasteiger partial charge is 0.340 e. The zero-order valence-electron chi connectivity index (χ0n) is 13.0. The second kappa shape index (κ2) is 6.44. The van der Waals surface area contributed by atoms with E-state index in [1.54, 1.807) is 12.1 Å². The van der Waals surface area contributed by atoms with E-state index in [-0.39, 0.29) is 5.82 Å². The van der Waals surface area contributed by atoms with Gasteiger partial charge < -0.3 is 10.6 Å². The van der Waals surface area contributed by atoms with Gasteiger partial charge in [-0.25, -0.2) is 14.4 Å². The van der Waals surface area contributed by atoms with Crippen molar-refractivity contribution in [2.75, 3.05) is 10.6 Å². The molecular weight excluding hydrogens is 291 g/mol. The molecule has 23 heavy (non-hydrogen) atoms. The Morgan fingerprint density at radius 3 is 2.09 bits per heavy atom. The van der Waals surface area contributed by atoms with E-state index in [1.165, 1.54) is 18.5 Å². The standard InChI is InChI=1S/C18H17FN4/c1-12-4-3-5-13(2)18(12)23-17-10-16(20-11-21-17)22-15-8-6-14(19)7-9-15/h3-11H,1-2H3,(H2,20,21,22,23). The summed E-state index contributed by atoms with van der Waals surface area (Å²) in [5.41, 5.74) is 4.11. The topological polar surface area (TPSA) is 49.8 Å². The van der Waals surface area contributed by atoms with Crippen LogP contribution in [0.1, 0.15) is 11.1 Å². The zero-order valence-corrected chi connectivity index (χ0v) is 13.0. The molecule has 116 valence electrons. The number of anilines is 4. The number of para-hydroxylation sites is 1. The lowest BCUT2D eigenvalue weighted by Gasteiger charge is -2.12. The highest BCUT2D eigenvalue weighted by Crippen LogP contribution is 2.24. The van der Waals surface area contributed by atoms with Crippen LogP contribution in [0.5, 0.6) is 0 Å². The first kappa shape index (κ1) is 15.0. The molecule has 1 aromatic heterocycles. The van der Waals surface area contributed by atoms with Crippen molar-refractivity contribution in [3.05, 3.63) is 71.8 Å². The van der Waals surface area contributed by atoms with Crippen LogP contribution < -0.4 is 10.6 Å². The van der Waals surface area contributed by atoms with Crippen molar-refractivity contribution in [3.63, 3.8) is 0 Å². The number of halogens is 1. The number of hydrogen-bond donors (Lipinski definition) is 2. The molecule has 2 aromatic carbocycles. The Bertz CT molecular complexity index is 795. The average molecular weight is 308 g/mol. The predicted octanol–water partition coefficient (Wildman–Crippen LogP) is 4.72. The van der Waals surface area contributed by atoms with Crippen LogP contribution in [0.25, 0.3) is 0 Å². The van der Waals surface area contributed by atoms with Crippen LogP contribution in [0, 0.1) is 19.7 Å². The van der Waals surface area contributed by atoms with Crippen LogP contribution in [0.4, 0.5) is 27.4 Å².